The number of aliphatic hydroxyl groups excluding tert-OH is 1. The summed E-state index contributed by atoms with van der Waals surface area (Å²) in [6, 6.07) is 1.86. The van der Waals surface area contributed by atoms with Gasteiger partial charge in [0.05, 0.1) is 24.3 Å². The predicted molar refractivity (Wildman–Crippen MR) is 170 cm³/mol. The standard InChI is InChI=1S/C34H48N2O8/c1-21(2)17-30(38)35-24(5)34(42)44-29-16-11-9-7-8-10-15-27(43-6)20-31(39)36-28-19-26(37)18-25(33(28)41)14-12-13-22(3)32(40)23(29)4/h7-11,13,15,18-19,21,23-24,27,29,32,37,40-41H,12,14,16-17,20H2,1-6H3,(H,35,38)(H,36,39). The fraction of sp³-hybridized carbons (Fsp3) is 0.500. The van der Waals surface area contributed by atoms with Crippen LogP contribution in [0, 0.1) is 11.8 Å². The van der Waals surface area contributed by atoms with Crippen molar-refractivity contribution >= 4 is 23.5 Å². The van der Waals surface area contributed by atoms with Gasteiger partial charge in [-0.05, 0) is 49.8 Å². The summed E-state index contributed by atoms with van der Waals surface area (Å²) in [5.74, 6) is -1.83. The average Bonchev–Trinajstić information content (AvgIpc) is 2.95. The van der Waals surface area contributed by atoms with Gasteiger partial charge in [0.2, 0.25) is 11.8 Å². The Hall–Kier alpha value is -3.89. The number of carbonyl (C=O) groups is 3. The lowest BCUT2D eigenvalue weighted by Gasteiger charge is -2.29. The Kier molecular flexibility index (Phi) is 14.9. The van der Waals surface area contributed by atoms with Crippen molar-refractivity contribution in [2.45, 2.75) is 91.1 Å². The van der Waals surface area contributed by atoms with E-state index in [1.165, 1.54) is 19.2 Å². The van der Waals surface area contributed by atoms with Crippen LogP contribution in [-0.2, 0) is 30.3 Å². The monoisotopic (exact) mass is 612 g/mol. The SMILES string of the molecule is COC1C=CC=CC=CCC(OC(=O)C(C)NC(=O)CC(C)C)C(C)C(O)C(C)=CCCc2cc(O)cc(c2O)NC(=O)C1. The number of allylic oxidation sites excluding steroid dienone is 5. The van der Waals surface area contributed by atoms with E-state index < -0.39 is 42.1 Å². The minimum absolute atomic E-state index is 0.0117. The molecule has 2 rings (SSSR count). The first-order chi connectivity index (χ1) is 20.8. The van der Waals surface area contributed by atoms with E-state index in [-0.39, 0.29) is 35.4 Å². The molecule has 5 unspecified atom stereocenters. The minimum atomic E-state index is -0.946. The number of carbonyl (C=O) groups excluding carboxylic acids is 3. The summed E-state index contributed by atoms with van der Waals surface area (Å²) in [5.41, 5.74) is 1.17. The van der Waals surface area contributed by atoms with Crippen molar-refractivity contribution < 1.29 is 39.2 Å². The number of nitrogens with one attached hydrogen (secondary N) is 2. The molecule has 1 aliphatic heterocycles. The fourth-order valence-electron chi connectivity index (χ4n) is 4.73. The summed E-state index contributed by atoms with van der Waals surface area (Å²) in [4.78, 5) is 37.8. The molecule has 0 aliphatic carbocycles. The number of ether oxygens (including phenoxy) is 2. The zero-order valence-corrected chi connectivity index (χ0v) is 26.6. The molecule has 1 aromatic carbocycles. The number of amides is 2. The zero-order valence-electron chi connectivity index (χ0n) is 26.6. The van der Waals surface area contributed by atoms with Crippen LogP contribution in [0.15, 0.2) is 60.2 Å². The van der Waals surface area contributed by atoms with Crippen molar-refractivity contribution in [2.24, 2.45) is 11.8 Å². The van der Waals surface area contributed by atoms with Crippen molar-refractivity contribution in [1.29, 1.82) is 0 Å². The lowest BCUT2D eigenvalue weighted by Crippen LogP contribution is -2.43. The molecule has 0 fully saturated rings. The molecule has 0 aromatic heterocycles. The topological polar surface area (TPSA) is 154 Å². The zero-order chi connectivity index (χ0) is 32.8. The Bertz CT molecular complexity index is 1250. The third-order valence-electron chi connectivity index (χ3n) is 7.32. The summed E-state index contributed by atoms with van der Waals surface area (Å²) in [6.07, 6.45) is 11.6. The third kappa shape index (κ3) is 12.0. The maximum Gasteiger partial charge on any atom is 0.328 e. The van der Waals surface area contributed by atoms with E-state index in [4.69, 9.17) is 9.47 Å². The number of anilines is 1. The number of rotatable bonds is 6. The maximum atomic E-state index is 12.9. The second-order valence-electron chi connectivity index (χ2n) is 11.6. The van der Waals surface area contributed by atoms with Crippen LogP contribution in [-0.4, -0.2) is 64.6 Å². The number of phenolic OH excluding ortho intramolecular Hbond substituents is 2. The second kappa shape index (κ2) is 18.0. The highest BCUT2D eigenvalue weighted by molar-refractivity contribution is 5.93. The van der Waals surface area contributed by atoms with Crippen LogP contribution < -0.4 is 10.6 Å². The number of aromatic hydroxyl groups is 2. The van der Waals surface area contributed by atoms with Gasteiger partial charge < -0.3 is 35.4 Å². The van der Waals surface area contributed by atoms with Crippen molar-refractivity contribution in [1.82, 2.24) is 5.32 Å². The summed E-state index contributed by atoms with van der Waals surface area (Å²) in [5, 5.41) is 37.5. The lowest BCUT2D eigenvalue weighted by atomic mass is 9.90. The summed E-state index contributed by atoms with van der Waals surface area (Å²) >= 11 is 0. The average molecular weight is 613 g/mol. The normalized spacial score (nSPS) is 22.8. The van der Waals surface area contributed by atoms with Gasteiger partial charge in [0.15, 0.2) is 0 Å². The predicted octanol–water partition coefficient (Wildman–Crippen LogP) is 4.85. The molecule has 0 saturated heterocycles. The molecule has 1 aliphatic rings. The molecule has 0 saturated carbocycles. The van der Waals surface area contributed by atoms with Crippen molar-refractivity contribution in [3.8, 4) is 11.5 Å². The first-order valence-corrected chi connectivity index (χ1v) is 15.0. The molecule has 44 heavy (non-hydrogen) atoms. The van der Waals surface area contributed by atoms with Gasteiger partial charge in [0.25, 0.3) is 0 Å². The van der Waals surface area contributed by atoms with Gasteiger partial charge in [-0.25, -0.2) is 4.79 Å². The molecule has 0 spiro atoms. The van der Waals surface area contributed by atoms with E-state index in [1.54, 1.807) is 51.2 Å². The van der Waals surface area contributed by atoms with E-state index in [9.17, 15) is 29.7 Å². The first kappa shape index (κ1) is 36.3. The summed E-state index contributed by atoms with van der Waals surface area (Å²) < 4.78 is 11.2. The van der Waals surface area contributed by atoms with Gasteiger partial charge in [-0.1, -0.05) is 63.3 Å². The maximum absolute atomic E-state index is 12.9. The molecule has 2 amide bonds. The number of hydrogen-bond donors (Lipinski definition) is 5. The molecule has 10 heteroatoms. The highest BCUT2D eigenvalue weighted by atomic mass is 16.5. The van der Waals surface area contributed by atoms with Gasteiger partial charge in [0, 0.05) is 31.9 Å². The number of benzene rings is 1. The molecule has 1 aromatic rings. The number of fused-ring (bicyclic) bond motifs is 2. The van der Waals surface area contributed by atoms with Gasteiger partial charge in [-0.15, -0.1) is 0 Å². The number of esters is 1. The number of aliphatic hydroxyl groups is 1. The Morgan fingerprint density at radius 1 is 1.11 bits per heavy atom. The molecule has 5 N–H and O–H groups in total. The number of aryl methyl sites for hydroxylation is 1. The van der Waals surface area contributed by atoms with E-state index in [2.05, 4.69) is 10.6 Å². The number of hydrogen-bond acceptors (Lipinski definition) is 8. The molecule has 10 nitrogen and oxygen atoms in total. The fourth-order valence-corrected chi connectivity index (χ4v) is 4.73. The Morgan fingerprint density at radius 2 is 1.82 bits per heavy atom. The van der Waals surface area contributed by atoms with Gasteiger partial charge in [0.1, 0.15) is 23.6 Å². The van der Waals surface area contributed by atoms with Crippen LogP contribution >= 0.6 is 0 Å². The molecule has 0 radical (unpaired) electrons. The van der Waals surface area contributed by atoms with E-state index in [1.807, 2.05) is 26.0 Å². The van der Waals surface area contributed by atoms with E-state index in [0.29, 0.717) is 36.8 Å². The van der Waals surface area contributed by atoms with Crippen LogP contribution in [0.5, 0.6) is 11.5 Å². The largest absolute Gasteiger partial charge is 0.508 e. The van der Waals surface area contributed by atoms with Gasteiger partial charge in [-0.2, -0.15) is 0 Å². The van der Waals surface area contributed by atoms with Crippen molar-refractivity contribution in [2.75, 3.05) is 12.4 Å². The first-order valence-electron chi connectivity index (χ1n) is 15.0. The minimum Gasteiger partial charge on any atom is -0.508 e. The second-order valence-corrected chi connectivity index (χ2v) is 11.6. The van der Waals surface area contributed by atoms with Crippen molar-refractivity contribution in [3.63, 3.8) is 0 Å². The van der Waals surface area contributed by atoms with Crippen LogP contribution in [0.2, 0.25) is 0 Å². The van der Waals surface area contributed by atoms with Crippen LogP contribution in [0.4, 0.5) is 5.69 Å². The Balaban J connectivity index is 2.34. The molecule has 5 atom stereocenters. The number of methoxy groups -OCH3 is 1. The Morgan fingerprint density at radius 3 is 2.50 bits per heavy atom. The summed E-state index contributed by atoms with van der Waals surface area (Å²) in [7, 11) is 1.49. The van der Waals surface area contributed by atoms with E-state index in [0.717, 1.165) is 0 Å². The Labute approximate surface area is 260 Å². The van der Waals surface area contributed by atoms with Crippen molar-refractivity contribution in [3.05, 3.63) is 65.8 Å². The highest BCUT2D eigenvalue weighted by Gasteiger charge is 2.30. The quantitative estimate of drug-likeness (QED) is 0.132. The molecular formula is C34H48N2O8. The number of phenols is 2. The van der Waals surface area contributed by atoms with Gasteiger partial charge >= 0.3 is 5.97 Å². The highest BCUT2D eigenvalue weighted by Crippen LogP contribution is 2.34. The van der Waals surface area contributed by atoms with Crippen LogP contribution in [0.1, 0.15) is 65.9 Å². The summed E-state index contributed by atoms with van der Waals surface area (Å²) in [6.45, 7) is 8.98. The molecule has 2 bridgehead atoms. The van der Waals surface area contributed by atoms with E-state index >= 15 is 0 Å². The van der Waals surface area contributed by atoms with Crippen LogP contribution in [0.25, 0.3) is 0 Å². The molecule has 242 valence electrons. The lowest BCUT2D eigenvalue weighted by molar-refractivity contribution is -0.156. The molecular weight excluding hydrogens is 564 g/mol. The van der Waals surface area contributed by atoms with Crippen LogP contribution in [0.3, 0.4) is 0 Å². The third-order valence-corrected chi connectivity index (χ3v) is 7.32. The smallest absolute Gasteiger partial charge is 0.328 e. The molecule has 1 heterocycles. The van der Waals surface area contributed by atoms with Gasteiger partial charge in [-0.3, -0.25) is 9.59 Å².